The summed E-state index contributed by atoms with van der Waals surface area (Å²) in [5.41, 5.74) is 1.93. The molecule has 1 aliphatic rings. The Morgan fingerprint density at radius 3 is 2.23 bits per heavy atom. The van der Waals surface area contributed by atoms with Gasteiger partial charge < -0.3 is 20.4 Å². The highest BCUT2D eigenvalue weighted by Crippen LogP contribution is 2.21. The minimum atomic E-state index is -0.741. The molecule has 1 saturated heterocycles. The Bertz CT molecular complexity index is 1270. The van der Waals surface area contributed by atoms with Gasteiger partial charge in [-0.3, -0.25) is 14.4 Å². The Morgan fingerprint density at radius 1 is 0.846 bits per heavy atom. The minimum Gasteiger partial charge on any atom is -0.357 e. The van der Waals surface area contributed by atoms with E-state index in [0.717, 1.165) is 47.7 Å². The molecule has 0 radical (unpaired) electrons. The van der Waals surface area contributed by atoms with E-state index in [2.05, 4.69) is 22.8 Å². The number of rotatable bonds is 10. The van der Waals surface area contributed by atoms with E-state index in [1.54, 1.807) is 26.0 Å². The van der Waals surface area contributed by atoms with Gasteiger partial charge in [0.1, 0.15) is 12.1 Å². The van der Waals surface area contributed by atoms with Crippen LogP contribution in [-0.2, 0) is 27.2 Å². The molecule has 3 amide bonds. The smallest absolute Gasteiger partial charge is 0.246 e. The molecule has 1 aliphatic heterocycles. The average Bonchev–Trinajstić information content (AvgIpc) is 2.98. The molecule has 3 aromatic rings. The average molecular weight is 529 g/mol. The fourth-order valence-electron chi connectivity index (χ4n) is 5.40. The standard InChI is InChI=1S/C32H40N4O3/c1-33-31(38)28(20-23-11-5-4-6-12-23)36(3)32(39)29(35(2)30(37)22-27-15-9-10-18-34-27)21-24-16-17-25-13-7-8-14-26(25)19-24/h4-8,11-14,16-17,19,27-29,34H,9-10,15,18,20-22H2,1-3H3,(H,33,38)/t27-,28+,29+/m0/s1. The van der Waals surface area contributed by atoms with Crippen LogP contribution in [0.15, 0.2) is 72.8 Å². The van der Waals surface area contributed by atoms with E-state index in [0.29, 0.717) is 19.3 Å². The summed E-state index contributed by atoms with van der Waals surface area (Å²) in [6.45, 7) is 0.914. The summed E-state index contributed by atoms with van der Waals surface area (Å²) in [6.07, 6.45) is 4.28. The first kappa shape index (κ1) is 28.3. The normalized spacial score (nSPS) is 16.7. The van der Waals surface area contributed by atoms with Crippen molar-refractivity contribution in [2.45, 2.75) is 56.7 Å². The molecule has 2 N–H and O–H groups in total. The summed E-state index contributed by atoms with van der Waals surface area (Å²) in [5, 5.41) is 8.36. The van der Waals surface area contributed by atoms with Crippen LogP contribution in [0.5, 0.6) is 0 Å². The molecule has 0 bridgehead atoms. The predicted molar refractivity (Wildman–Crippen MR) is 155 cm³/mol. The van der Waals surface area contributed by atoms with Crippen molar-refractivity contribution in [3.8, 4) is 0 Å². The highest BCUT2D eigenvalue weighted by molar-refractivity contribution is 5.92. The molecule has 206 valence electrons. The topological polar surface area (TPSA) is 81.8 Å². The van der Waals surface area contributed by atoms with E-state index in [9.17, 15) is 14.4 Å². The molecular weight excluding hydrogens is 488 g/mol. The number of piperidine rings is 1. The number of likely N-dealkylation sites (N-methyl/N-ethyl adjacent to an activating group) is 3. The molecule has 0 aromatic heterocycles. The molecule has 4 rings (SSSR count). The molecule has 3 aromatic carbocycles. The molecule has 7 heteroatoms. The Balaban J connectivity index is 1.61. The number of nitrogens with zero attached hydrogens (tertiary/aromatic N) is 2. The third-order valence-electron chi connectivity index (χ3n) is 7.86. The lowest BCUT2D eigenvalue weighted by molar-refractivity contribution is -0.147. The van der Waals surface area contributed by atoms with Crippen LogP contribution in [0.25, 0.3) is 10.8 Å². The second kappa shape index (κ2) is 13.4. The van der Waals surface area contributed by atoms with E-state index < -0.39 is 12.1 Å². The summed E-state index contributed by atoms with van der Waals surface area (Å²) in [4.78, 5) is 43.7. The first-order chi connectivity index (χ1) is 18.9. The number of carbonyl (C=O) groups excluding carboxylic acids is 3. The molecule has 0 saturated carbocycles. The fraction of sp³-hybridized carbons (Fsp3) is 0.406. The van der Waals surface area contributed by atoms with Gasteiger partial charge in [0.2, 0.25) is 17.7 Å². The Morgan fingerprint density at radius 2 is 1.54 bits per heavy atom. The van der Waals surface area contributed by atoms with Crippen molar-refractivity contribution < 1.29 is 14.4 Å². The van der Waals surface area contributed by atoms with Crippen molar-refractivity contribution in [1.82, 2.24) is 20.4 Å². The van der Waals surface area contributed by atoms with Crippen LogP contribution in [-0.4, -0.2) is 73.3 Å². The van der Waals surface area contributed by atoms with Crippen molar-refractivity contribution in [2.24, 2.45) is 0 Å². The van der Waals surface area contributed by atoms with E-state index in [1.807, 2.05) is 60.7 Å². The van der Waals surface area contributed by atoms with Crippen LogP contribution in [0.1, 0.15) is 36.8 Å². The number of benzene rings is 3. The van der Waals surface area contributed by atoms with Crippen LogP contribution in [0.3, 0.4) is 0 Å². The summed E-state index contributed by atoms with van der Waals surface area (Å²) < 4.78 is 0. The van der Waals surface area contributed by atoms with E-state index in [-0.39, 0.29) is 23.8 Å². The largest absolute Gasteiger partial charge is 0.357 e. The van der Waals surface area contributed by atoms with Gasteiger partial charge in [-0.05, 0) is 41.3 Å². The fourth-order valence-corrected chi connectivity index (χ4v) is 5.40. The number of hydrogen-bond donors (Lipinski definition) is 2. The molecule has 1 heterocycles. The molecule has 0 spiro atoms. The van der Waals surface area contributed by atoms with Crippen LogP contribution in [0.4, 0.5) is 0 Å². The molecule has 1 fully saturated rings. The van der Waals surface area contributed by atoms with Gasteiger partial charge in [0.05, 0.1) is 0 Å². The first-order valence-corrected chi connectivity index (χ1v) is 13.9. The van der Waals surface area contributed by atoms with Gasteiger partial charge in [0, 0.05) is 46.4 Å². The predicted octanol–water partition coefficient (Wildman–Crippen LogP) is 3.56. The molecule has 3 atom stereocenters. The highest BCUT2D eigenvalue weighted by Gasteiger charge is 2.35. The summed E-state index contributed by atoms with van der Waals surface area (Å²) >= 11 is 0. The van der Waals surface area contributed by atoms with Crippen molar-refractivity contribution in [1.29, 1.82) is 0 Å². The number of amides is 3. The van der Waals surface area contributed by atoms with Crippen molar-refractivity contribution in [3.05, 3.63) is 83.9 Å². The Hall–Kier alpha value is -3.71. The molecule has 0 aliphatic carbocycles. The van der Waals surface area contributed by atoms with Crippen LogP contribution in [0.2, 0.25) is 0 Å². The Kier molecular flexibility index (Phi) is 9.71. The monoisotopic (exact) mass is 528 g/mol. The quantitative estimate of drug-likeness (QED) is 0.422. The molecule has 0 unspecified atom stereocenters. The van der Waals surface area contributed by atoms with Gasteiger partial charge in [0.25, 0.3) is 0 Å². The van der Waals surface area contributed by atoms with Crippen molar-refractivity contribution in [3.63, 3.8) is 0 Å². The third-order valence-corrected chi connectivity index (χ3v) is 7.86. The van der Waals surface area contributed by atoms with E-state index >= 15 is 0 Å². The molecule has 7 nitrogen and oxygen atoms in total. The number of fused-ring (bicyclic) bond motifs is 1. The lowest BCUT2D eigenvalue weighted by Crippen LogP contribution is -2.56. The second-order valence-corrected chi connectivity index (χ2v) is 10.5. The SMILES string of the molecule is CNC(=O)[C@@H](Cc1ccccc1)N(C)C(=O)[C@@H](Cc1ccc2ccccc2c1)N(C)C(=O)C[C@@H]1CCCCN1. The summed E-state index contributed by atoms with van der Waals surface area (Å²) in [6, 6.07) is 22.6. The number of carbonyl (C=O) groups is 3. The summed E-state index contributed by atoms with van der Waals surface area (Å²) in [5.74, 6) is -0.554. The number of hydrogen-bond acceptors (Lipinski definition) is 4. The van der Waals surface area contributed by atoms with Gasteiger partial charge in [-0.15, -0.1) is 0 Å². The Labute approximate surface area is 231 Å². The van der Waals surface area contributed by atoms with Gasteiger partial charge in [-0.1, -0.05) is 79.2 Å². The highest BCUT2D eigenvalue weighted by atomic mass is 16.2. The van der Waals surface area contributed by atoms with Gasteiger partial charge in [0.15, 0.2) is 0 Å². The lowest BCUT2D eigenvalue weighted by Gasteiger charge is -2.35. The van der Waals surface area contributed by atoms with Crippen LogP contribution in [0, 0.1) is 0 Å². The van der Waals surface area contributed by atoms with Gasteiger partial charge >= 0.3 is 0 Å². The summed E-state index contributed by atoms with van der Waals surface area (Å²) in [7, 11) is 4.96. The van der Waals surface area contributed by atoms with Gasteiger partial charge in [-0.2, -0.15) is 0 Å². The minimum absolute atomic E-state index is 0.0681. The van der Waals surface area contributed by atoms with E-state index in [1.165, 1.54) is 4.90 Å². The van der Waals surface area contributed by atoms with Crippen LogP contribution >= 0.6 is 0 Å². The van der Waals surface area contributed by atoms with Crippen molar-refractivity contribution in [2.75, 3.05) is 27.7 Å². The maximum Gasteiger partial charge on any atom is 0.246 e. The van der Waals surface area contributed by atoms with E-state index in [4.69, 9.17) is 0 Å². The second-order valence-electron chi connectivity index (χ2n) is 10.5. The maximum atomic E-state index is 14.1. The lowest BCUT2D eigenvalue weighted by atomic mass is 9.97. The zero-order valence-electron chi connectivity index (χ0n) is 23.2. The van der Waals surface area contributed by atoms with Crippen molar-refractivity contribution >= 4 is 28.5 Å². The third kappa shape index (κ3) is 7.24. The van der Waals surface area contributed by atoms with Gasteiger partial charge in [-0.25, -0.2) is 0 Å². The first-order valence-electron chi connectivity index (χ1n) is 13.9. The zero-order chi connectivity index (χ0) is 27.8. The maximum absolute atomic E-state index is 14.1. The number of nitrogens with one attached hydrogen (secondary N) is 2. The van der Waals surface area contributed by atoms with Crippen LogP contribution < -0.4 is 10.6 Å². The molecule has 39 heavy (non-hydrogen) atoms. The zero-order valence-corrected chi connectivity index (χ0v) is 23.2. The molecular formula is C32H40N4O3.